The van der Waals surface area contributed by atoms with E-state index in [0.717, 1.165) is 6.07 Å². The van der Waals surface area contributed by atoms with Crippen LogP contribution in [0.1, 0.15) is 11.1 Å². The molecule has 0 bridgehead atoms. The van der Waals surface area contributed by atoms with Crippen molar-refractivity contribution in [3.63, 3.8) is 0 Å². The van der Waals surface area contributed by atoms with E-state index >= 15 is 0 Å². The van der Waals surface area contributed by atoms with Crippen molar-refractivity contribution in [2.75, 3.05) is 0 Å². The van der Waals surface area contributed by atoms with Gasteiger partial charge in [-0.1, -0.05) is 23.2 Å². The Kier molecular flexibility index (Phi) is 3.88. The standard InChI is InChI=1S/C9H4Cl2F6/c10-6-2-4(3-8(12,13)14)1-5(7(6)11)9(15,16)17/h1-2H,3H2. The third kappa shape index (κ3) is 3.96. The van der Waals surface area contributed by atoms with Crippen molar-refractivity contribution in [1.82, 2.24) is 0 Å². The fourth-order valence-corrected chi connectivity index (χ4v) is 1.64. The lowest BCUT2D eigenvalue weighted by Gasteiger charge is -2.13. The van der Waals surface area contributed by atoms with Gasteiger partial charge in [0.25, 0.3) is 0 Å². The lowest BCUT2D eigenvalue weighted by molar-refractivity contribution is -0.138. The number of halogens is 8. The molecular formula is C9H4Cl2F6. The molecule has 0 aromatic heterocycles. The molecule has 1 aromatic rings. The molecule has 0 N–H and O–H groups in total. The topological polar surface area (TPSA) is 0 Å². The van der Waals surface area contributed by atoms with Crippen LogP contribution in [0.2, 0.25) is 10.0 Å². The monoisotopic (exact) mass is 296 g/mol. The van der Waals surface area contributed by atoms with Crippen LogP contribution in [-0.2, 0) is 12.6 Å². The summed E-state index contributed by atoms with van der Waals surface area (Å²) in [7, 11) is 0. The second kappa shape index (κ2) is 4.57. The molecule has 17 heavy (non-hydrogen) atoms. The number of hydrogen-bond donors (Lipinski definition) is 0. The Balaban J connectivity index is 3.25. The molecule has 0 aliphatic carbocycles. The lowest BCUT2D eigenvalue weighted by Crippen LogP contribution is -2.13. The summed E-state index contributed by atoms with van der Waals surface area (Å²) in [5, 5.41) is -1.36. The summed E-state index contributed by atoms with van der Waals surface area (Å²) in [6.45, 7) is 0. The highest BCUT2D eigenvalue weighted by Gasteiger charge is 2.36. The number of alkyl halides is 6. The maximum Gasteiger partial charge on any atom is 0.417 e. The molecule has 0 atom stereocenters. The summed E-state index contributed by atoms with van der Waals surface area (Å²) in [5.41, 5.74) is -1.95. The molecule has 0 saturated carbocycles. The highest BCUT2D eigenvalue weighted by Crippen LogP contribution is 2.39. The van der Waals surface area contributed by atoms with E-state index in [2.05, 4.69) is 0 Å². The maximum atomic E-state index is 12.4. The number of benzene rings is 1. The first-order valence-electron chi connectivity index (χ1n) is 4.12. The third-order valence-electron chi connectivity index (χ3n) is 1.80. The smallest absolute Gasteiger partial charge is 0.171 e. The molecule has 0 spiro atoms. The van der Waals surface area contributed by atoms with Crippen LogP contribution in [0.25, 0.3) is 0 Å². The Morgan fingerprint density at radius 3 is 1.88 bits per heavy atom. The van der Waals surface area contributed by atoms with Gasteiger partial charge in [-0.3, -0.25) is 0 Å². The van der Waals surface area contributed by atoms with Gasteiger partial charge in [0.1, 0.15) is 0 Å². The van der Waals surface area contributed by atoms with Crippen molar-refractivity contribution in [2.24, 2.45) is 0 Å². The molecule has 0 fully saturated rings. The summed E-state index contributed by atoms with van der Waals surface area (Å²) in [6.07, 6.45) is -10.9. The fourth-order valence-electron chi connectivity index (χ4n) is 1.18. The second-order valence-electron chi connectivity index (χ2n) is 3.23. The highest BCUT2D eigenvalue weighted by molar-refractivity contribution is 6.42. The Bertz CT molecular complexity index is 421. The molecule has 0 saturated heterocycles. The van der Waals surface area contributed by atoms with Crippen molar-refractivity contribution in [3.8, 4) is 0 Å². The molecule has 1 rings (SSSR count). The van der Waals surface area contributed by atoms with Crippen molar-refractivity contribution in [2.45, 2.75) is 18.8 Å². The molecule has 0 heterocycles. The molecule has 0 unspecified atom stereocenters. The molecule has 0 aliphatic rings. The van der Waals surface area contributed by atoms with Crippen LogP contribution in [0.5, 0.6) is 0 Å². The molecule has 1 aromatic carbocycles. The van der Waals surface area contributed by atoms with Gasteiger partial charge in [-0.25, -0.2) is 0 Å². The van der Waals surface area contributed by atoms with E-state index in [1.54, 1.807) is 0 Å². The van der Waals surface area contributed by atoms with Crippen LogP contribution < -0.4 is 0 Å². The van der Waals surface area contributed by atoms with Crippen molar-refractivity contribution < 1.29 is 26.3 Å². The molecular weight excluding hydrogens is 293 g/mol. The number of rotatable bonds is 1. The second-order valence-corrected chi connectivity index (χ2v) is 4.01. The predicted octanol–water partition coefficient (Wildman–Crippen LogP) is 5.12. The van der Waals surface area contributed by atoms with E-state index < -0.39 is 39.9 Å². The Hall–Kier alpha value is -0.620. The van der Waals surface area contributed by atoms with E-state index in [-0.39, 0.29) is 0 Å². The normalized spacial score (nSPS) is 12.9. The average molecular weight is 297 g/mol. The predicted molar refractivity (Wildman–Crippen MR) is 51.2 cm³/mol. The summed E-state index contributed by atoms with van der Waals surface area (Å²) >= 11 is 10.6. The van der Waals surface area contributed by atoms with Crippen molar-refractivity contribution in [3.05, 3.63) is 33.3 Å². The van der Waals surface area contributed by atoms with Crippen molar-refractivity contribution >= 4 is 23.2 Å². The minimum Gasteiger partial charge on any atom is -0.171 e. The van der Waals surface area contributed by atoms with Gasteiger partial charge in [0.2, 0.25) is 0 Å². The van der Waals surface area contributed by atoms with E-state index in [1.807, 2.05) is 0 Å². The average Bonchev–Trinajstić information content (AvgIpc) is 2.06. The molecule has 0 aliphatic heterocycles. The third-order valence-corrected chi connectivity index (χ3v) is 2.60. The van der Waals surface area contributed by atoms with Crippen LogP contribution in [0.4, 0.5) is 26.3 Å². The molecule has 0 radical (unpaired) electrons. The first kappa shape index (κ1) is 14.4. The van der Waals surface area contributed by atoms with Crippen LogP contribution >= 0.6 is 23.2 Å². The van der Waals surface area contributed by atoms with E-state index in [9.17, 15) is 26.3 Å². The highest BCUT2D eigenvalue weighted by atomic mass is 35.5. The largest absolute Gasteiger partial charge is 0.417 e. The fraction of sp³-hybridized carbons (Fsp3) is 0.333. The van der Waals surface area contributed by atoms with Gasteiger partial charge >= 0.3 is 12.4 Å². The zero-order chi connectivity index (χ0) is 13.4. The van der Waals surface area contributed by atoms with Gasteiger partial charge in [-0.05, 0) is 17.7 Å². The summed E-state index contributed by atoms with van der Waals surface area (Å²) in [6, 6.07) is 1.12. The minimum atomic E-state index is -4.84. The van der Waals surface area contributed by atoms with E-state index in [4.69, 9.17) is 23.2 Å². The quantitative estimate of drug-likeness (QED) is 0.631. The van der Waals surface area contributed by atoms with Crippen LogP contribution in [0, 0.1) is 0 Å². The van der Waals surface area contributed by atoms with Crippen molar-refractivity contribution in [1.29, 1.82) is 0 Å². The minimum absolute atomic E-state index is 0.349. The van der Waals surface area contributed by atoms with Gasteiger partial charge in [0.15, 0.2) is 0 Å². The van der Waals surface area contributed by atoms with Gasteiger partial charge in [-0.15, -0.1) is 0 Å². The van der Waals surface area contributed by atoms with Crippen LogP contribution in [0.15, 0.2) is 12.1 Å². The first-order valence-corrected chi connectivity index (χ1v) is 4.88. The zero-order valence-corrected chi connectivity index (χ0v) is 9.40. The first-order chi connectivity index (χ1) is 7.50. The molecule has 0 nitrogen and oxygen atoms in total. The van der Waals surface area contributed by atoms with Gasteiger partial charge in [-0.2, -0.15) is 26.3 Å². The Morgan fingerprint density at radius 2 is 1.47 bits per heavy atom. The lowest BCUT2D eigenvalue weighted by atomic mass is 10.1. The van der Waals surface area contributed by atoms with Gasteiger partial charge in [0, 0.05) is 0 Å². The zero-order valence-electron chi connectivity index (χ0n) is 7.89. The summed E-state index contributed by atoms with van der Waals surface area (Å²) < 4.78 is 73.4. The van der Waals surface area contributed by atoms with Gasteiger partial charge in [0.05, 0.1) is 22.0 Å². The number of hydrogen-bond acceptors (Lipinski definition) is 0. The van der Waals surface area contributed by atoms with E-state index in [1.165, 1.54) is 0 Å². The SMILES string of the molecule is FC(F)(F)Cc1cc(Cl)c(Cl)c(C(F)(F)F)c1. The molecule has 8 heteroatoms. The summed E-state index contributed by atoms with van der Waals surface area (Å²) in [4.78, 5) is 0. The summed E-state index contributed by atoms with van der Waals surface area (Å²) in [5.74, 6) is 0. The molecule has 0 amide bonds. The van der Waals surface area contributed by atoms with E-state index in [0.29, 0.717) is 6.07 Å². The Labute approximate surface area is 102 Å². The maximum absolute atomic E-state index is 12.4. The Morgan fingerprint density at radius 1 is 0.941 bits per heavy atom. The van der Waals surface area contributed by atoms with Crippen LogP contribution in [-0.4, -0.2) is 6.18 Å². The van der Waals surface area contributed by atoms with Crippen LogP contribution in [0.3, 0.4) is 0 Å². The van der Waals surface area contributed by atoms with Gasteiger partial charge < -0.3 is 0 Å². The molecule has 96 valence electrons.